The molecule has 82 valence electrons. The molecule has 0 fully saturated rings. The van der Waals surface area contributed by atoms with Crippen LogP contribution >= 0.6 is 0 Å². The molecule has 1 aliphatic carbocycles. The molecule has 0 unspecified atom stereocenters. The Morgan fingerprint density at radius 1 is 1.00 bits per heavy atom. The minimum absolute atomic E-state index is 0.779. The molecule has 16 heavy (non-hydrogen) atoms. The van der Waals surface area contributed by atoms with Gasteiger partial charge in [-0.05, 0) is 30.7 Å². The Morgan fingerprint density at radius 3 is 2.50 bits per heavy atom. The standard InChI is InChI=1S/C15H18N/c1-16(2,15-12-8-5-9-13-15)14-10-6-3-4-7-11-14/h3,5-13H,4H2,1-2H3/q+1. The molecule has 0 radical (unpaired) electrons. The summed E-state index contributed by atoms with van der Waals surface area (Å²) in [6, 6.07) is 10.6. The van der Waals surface area contributed by atoms with Crippen molar-refractivity contribution in [1.29, 1.82) is 0 Å². The Bertz CT molecular complexity index is 436. The highest BCUT2D eigenvalue weighted by Crippen LogP contribution is 2.25. The maximum Gasteiger partial charge on any atom is 0.137 e. The maximum absolute atomic E-state index is 2.22. The predicted molar refractivity (Wildman–Crippen MR) is 71.1 cm³/mol. The highest BCUT2D eigenvalue weighted by atomic mass is 15.3. The summed E-state index contributed by atoms with van der Waals surface area (Å²) in [6.07, 6.45) is 11.9. The smallest absolute Gasteiger partial charge is 0.137 e. The third-order valence-corrected chi connectivity index (χ3v) is 3.01. The zero-order valence-corrected chi connectivity index (χ0v) is 9.93. The molecule has 1 heteroatoms. The molecule has 0 atom stereocenters. The predicted octanol–water partition coefficient (Wildman–Crippen LogP) is 3.65. The molecule has 0 amide bonds. The molecule has 1 nitrogen and oxygen atoms in total. The lowest BCUT2D eigenvalue weighted by molar-refractivity contribution is 0.509. The minimum Gasteiger partial charge on any atom is -0.264 e. The van der Waals surface area contributed by atoms with Crippen molar-refractivity contribution >= 4 is 5.69 Å². The summed E-state index contributed by atoms with van der Waals surface area (Å²) in [4.78, 5) is 0. The van der Waals surface area contributed by atoms with Crippen molar-refractivity contribution in [3.8, 4) is 0 Å². The topological polar surface area (TPSA) is 0 Å². The van der Waals surface area contributed by atoms with Crippen LogP contribution in [0.25, 0.3) is 0 Å². The number of hydrogen-bond donors (Lipinski definition) is 0. The second-order valence-electron chi connectivity index (χ2n) is 4.45. The van der Waals surface area contributed by atoms with E-state index in [1.54, 1.807) is 0 Å². The van der Waals surface area contributed by atoms with E-state index in [1.165, 1.54) is 11.4 Å². The molecular formula is C15H18N+. The van der Waals surface area contributed by atoms with Gasteiger partial charge >= 0.3 is 0 Å². The van der Waals surface area contributed by atoms with Gasteiger partial charge < -0.3 is 0 Å². The highest BCUT2D eigenvalue weighted by Gasteiger charge is 2.22. The van der Waals surface area contributed by atoms with Crippen molar-refractivity contribution in [1.82, 2.24) is 4.48 Å². The molecule has 1 aromatic rings. The van der Waals surface area contributed by atoms with Crippen LogP contribution < -0.4 is 4.48 Å². The van der Waals surface area contributed by atoms with Crippen LogP contribution in [0.5, 0.6) is 0 Å². The van der Waals surface area contributed by atoms with Crippen LogP contribution in [-0.4, -0.2) is 14.1 Å². The number of nitrogens with zero attached hydrogens (tertiary/aromatic N) is 1. The first-order valence-corrected chi connectivity index (χ1v) is 5.65. The molecule has 0 aliphatic heterocycles. The van der Waals surface area contributed by atoms with E-state index in [9.17, 15) is 0 Å². The molecule has 0 bridgehead atoms. The number of hydrogen-bond acceptors (Lipinski definition) is 0. The lowest BCUT2D eigenvalue weighted by Gasteiger charge is -2.29. The van der Waals surface area contributed by atoms with E-state index >= 15 is 0 Å². The highest BCUT2D eigenvalue weighted by molar-refractivity contribution is 5.49. The van der Waals surface area contributed by atoms with Gasteiger partial charge in [0.2, 0.25) is 0 Å². The molecule has 0 saturated carbocycles. The lowest BCUT2D eigenvalue weighted by Crippen LogP contribution is -2.38. The maximum atomic E-state index is 2.22. The van der Waals surface area contributed by atoms with Crippen molar-refractivity contribution in [2.45, 2.75) is 6.42 Å². The Morgan fingerprint density at radius 2 is 1.75 bits per heavy atom. The fraction of sp³-hybridized carbons (Fsp3) is 0.200. The third kappa shape index (κ3) is 2.15. The van der Waals surface area contributed by atoms with Gasteiger partial charge in [-0.2, -0.15) is 0 Å². The molecule has 0 aromatic heterocycles. The van der Waals surface area contributed by atoms with E-state index in [0.29, 0.717) is 0 Å². The summed E-state index contributed by atoms with van der Waals surface area (Å²) in [7, 11) is 4.43. The summed E-state index contributed by atoms with van der Waals surface area (Å²) < 4.78 is 0.779. The van der Waals surface area contributed by atoms with Crippen LogP contribution in [0.3, 0.4) is 0 Å². The monoisotopic (exact) mass is 212 g/mol. The molecule has 1 aromatic carbocycles. The first kappa shape index (κ1) is 10.9. The minimum atomic E-state index is 0.779. The zero-order chi connectivity index (χ0) is 11.4. The number of rotatable bonds is 2. The third-order valence-electron chi connectivity index (χ3n) is 3.01. The second kappa shape index (κ2) is 4.50. The largest absolute Gasteiger partial charge is 0.264 e. The quantitative estimate of drug-likeness (QED) is 0.656. The van der Waals surface area contributed by atoms with Gasteiger partial charge in [-0.25, -0.2) is 0 Å². The van der Waals surface area contributed by atoms with Crippen molar-refractivity contribution in [2.75, 3.05) is 14.1 Å². The average Bonchev–Trinajstić information content (AvgIpc) is 2.59. The average molecular weight is 212 g/mol. The van der Waals surface area contributed by atoms with Crippen molar-refractivity contribution in [3.05, 3.63) is 66.4 Å². The van der Waals surface area contributed by atoms with Gasteiger partial charge in [0.25, 0.3) is 0 Å². The molecular weight excluding hydrogens is 194 g/mol. The number of allylic oxidation sites excluding steroid dienone is 5. The van der Waals surface area contributed by atoms with Crippen molar-refractivity contribution in [3.63, 3.8) is 0 Å². The number of benzene rings is 1. The van der Waals surface area contributed by atoms with Crippen LogP contribution in [0, 0.1) is 0 Å². The van der Waals surface area contributed by atoms with Crippen LogP contribution in [-0.2, 0) is 0 Å². The SMILES string of the molecule is C[N+](C)(C1=CC=CCC=C1)c1ccccc1. The first-order chi connectivity index (χ1) is 7.71. The Balaban J connectivity index is 2.39. The van der Waals surface area contributed by atoms with Crippen molar-refractivity contribution in [2.24, 2.45) is 0 Å². The second-order valence-corrected chi connectivity index (χ2v) is 4.45. The van der Waals surface area contributed by atoms with E-state index in [4.69, 9.17) is 0 Å². The fourth-order valence-electron chi connectivity index (χ4n) is 1.89. The number of quaternary nitrogens is 1. The van der Waals surface area contributed by atoms with Gasteiger partial charge in [-0.1, -0.05) is 36.4 Å². The Labute approximate surface area is 97.6 Å². The fourth-order valence-corrected chi connectivity index (χ4v) is 1.89. The number of para-hydroxylation sites is 1. The summed E-state index contributed by atoms with van der Waals surface area (Å²) >= 11 is 0. The van der Waals surface area contributed by atoms with Gasteiger partial charge in [0, 0.05) is 0 Å². The van der Waals surface area contributed by atoms with E-state index in [1.807, 2.05) is 0 Å². The Hall–Kier alpha value is -1.60. The van der Waals surface area contributed by atoms with Crippen LogP contribution in [0.15, 0.2) is 66.4 Å². The lowest BCUT2D eigenvalue weighted by atomic mass is 10.2. The molecule has 0 heterocycles. The summed E-state index contributed by atoms with van der Waals surface area (Å²) in [5.74, 6) is 0. The van der Waals surface area contributed by atoms with Crippen molar-refractivity contribution < 1.29 is 0 Å². The van der Waals surface area contributed by atoms with Gasteiger partial charge in [0.05, 0.1) is 14.1 Å². The van der Waals surface area contributed by atoms with E-state index < -0.39 is 0 Å². The molecule has 0 saturated heterocycles. The Kier molecular flexibility index (Phi) is 3.07. The van der Waals surface area contributed by atoms with E-state index in [0.717, 1.165) is 10.9 Å². The number of likely N-dealkylation sites (N-methyl/N-ethyl adjacent to an activating group) is 1. The molecule has 0 N–H and O–H groups in total. The zero-order valence-electron chi connectivity index (χ0n) is 9.93. The first-order valence-electron chi connectivity index (χ1n) is 5.65. The van der Waals surface area contributed by atoms with Crippen LogP contribution in [0.1, 0.15) is 6.42 Å². The van der Waals surface area contributed by atoms with E-state index in [-0.39, 0.29) is 0 Å². The van der Waals surface area contributed by atoms with Gasteiger partial charge in [0.1, 0.15) is 11.4 Å². The summed E-state index contributed by atoms with van der Waals surface area (Å²) in [6.45, 7) is 0. The summed E-state index contributed by atoms with van der Waals surface area (Å²) in [5.41, 5.74) is 2.61. The van der Waals surface area contributed by atoms with Crippen LogP contribution in [0.2, 0.25) is 0 Å². The normalized spacial score (nSPS) is 15.8. The van der Waals surface area contributed by atoms with Gasteiger partial charge in [0.15, 0.2) is 0 Å². The van der Waals surface area contributed by atoms with Gasteiger partial charge in [-0.15, -0.1) is 0 Å². The van der Waals surface area contributed by atoms with Gasteiger partial charge in [-0.3, -0.25) is 4.48 Å². The molecule has 1 aliphatic rings. The summed E-state index contributed by atoms with van der Waals surface area (Å²) in [5, 5.41) is 0. The molecule has 2 rings (SSSR count). The van der Waals surface area contributed by atoms with E-state index in [2.05, 4.69) is 74.8 Å². The molecule has 0 spiro atoms. The van der Waals surface area contributed by atoms with Crippen LogP contribution in [0.4, 0.5) is 5.69 Å².